The average Bonchev–Trinajstić information content (AvgIpc) is 3.10. The highest BCUT2D eigenvalue weighted by atomic mass is 16.2. The monoisotopic (exact) mass is 332 g/mol. The maximum Gasteiger partial charge on any atom is 0.271 e. The molecule has 0 bridgehead atoms. The molecular formula is C18H28N4O2. The van der Waals surface area contributed by atoms with E-state index in [4.69, 9.17) is 0 Å². The van der Waals surface area contributed by atoms with Crippen molar-refractivity contribution in [2.45, 2.75) is 46.0 Å². The fourth-order valence-electron chi connectivity index (χ4n) is 3.98. The standard InChI is InChI=1S/C18H28N4O2/c1-14(2)6-11-21-12-18(8-4-16(21)23)7-3-10-22(13-18)17(24)15-5-9-19-20-15/h5,9,14H,3-4,6-8,10-13H2,1-2H3,(H,19,20). The molecule has 0 aromatic carbocycles. The van der Waals surface area contributed by atoms with Crippen molar-refractivity contribution in [3.8, 4) is 0 Å². The second kappa shape index (κ2) is 6.95. The van der Waals surface area contributed by atoms with Crippen LogP contribution in [0.1, 0.15) is 56.4 Å². The molecular weight excluding hydrogens is 304 g/mol. The molecule has 6 heteroatoms. The molecule has 3 rings (SSSR count). The lowest BCUT2D eigenvalue weighted by molar-refractivity contribution is -0.139. The van der Waals surface area contributed by atoms with E-state index in [1.54, 1.807) is 12.3 Å². The van der Waals surface area contributed by atoms with Crippen LogP contribution in [0.4, 0.5) is 0 Å². The highest BCUT2D eigenvalue weighted by Gasteiger charge is 2.42. The number of amides is 2. The van der Waals surface area contributed by atoms with Gasteiger partial charge in [0.25, 0.3) is 5.91 Å². The maximum atomic E-state index is 12.6. The number of carbonyl (C=O) groups is 2. The Labute approximate surface area is 143 Å². The van der Waals surface area contributed by atoms with Crippen LogP contribution >= 0.6 is 0 Å². The number of nitrogens with one attached hydrogen (secondary N) is 1. The number of aromatic nitrogens is 2. The summed E-state index contributed by atoms with van der Waals surface area (Å²) < 4.78 is 0. The molecule has 1 unspecified atom stereocenters. The predicted octanol–water partition coefficient (Wildman–Crippen LogP) is 2.30. The molecule has 1 spiro atoms. The molecule has 1 aromatic rings. The van der Waals surface area contributed by atoms with Gasteiger partial charge < -0.3 is 9.80 Å². The highest BCUT2D eigenvalue weighted by Crippen LogP contribution is 2.39. The lowest BCUT2D eigenvalue weighted by atomic mass is 9.73. The van der Waals surface area contributed by atoms with Gasteiger partial charge in [0.2, 0.25) is 5.91 Å². The second-order valence-corrected chi connectivity index (χ2v) is 7.80. The van der Waals surface area contributed by atoms with Crippen molar-refractivity contribution < 1.29 is 9.59 Å². The van der Waals surface area contributed by atoms with Crippen molar-refractivity contribution in [2.24, 2.45) is 11.3 Å². The van der Waals surface area contributed by atoms with Gasteiger partial charge in [-0.2, -0.15) is 5.10 Å². The van der Waals surface area contributed by atoms with Crippen LogP contribution in [0.5, 0.6) is 0 Å². The Kier molecular flexibility index (Phi) is 4.92. The number of nitrogens with zero attached hydrogens (tertiary/aromatic N) is 3. The summed E-state index contributed by atoms with van der Waals surface area (Å²) in [5.74, 6) is 0.899. The number of hydrogen-bond acceptors (Lipinski definition) is 3. The Bertz CT molecular complexity index is 584. The van der Waals surface area contributed by atoms with Gasteiger partial charge in [-0.15, -0.1) is 0 Å². The molecule has 0 aliphatic carbocycles. The van der Waals surface area contributed by atoms with Gasteiger partial charge in [-0.25, -0.2) is 0 Å². The number of aromatic amines is 1. The number of hydrogen-bond donors (Lipinski definition) is 1. The van der Waals surface area contributed by atoms with Crippen molar-refractivity contribution in [3.05, 3.63) is 18.0 Å². The van der Waals surface area contributed by atoms with Crippen LogP contribution in [-0.2, 0) is 4.79 Å². The molecule has 1 aromatic heterocycles. The van der Waals surface area contributed by atoms with E-state index in [-0.39, 0.29) is 17.2 Å². The minimum Gasteiger partial charge on any atom is -0.342 e. The zero-order valence-electron chi connectivity index (χ0n) is 14.8. The average molecular weight is 332 g/mol. The van der Waals surface area contributed by atoms with E-state index in [2.05, 4.69) is 24.0 Å². The SMILES string of the molecule is CC(C)CCN1CC2(CCCN(C(=O)c3ccn[nH]3)C2)CCC1=O. The molecule has 132 valence electrons. The molecule has 0 saturated carbocycles. The molecule has 1 N–H and O–H groups in total. The third-order valence-corrected chi connectivity index (χ3v) is 5.40. The number of piperidine rings is 2. The molecule has 2 aliphatic heterocycles. The molecule has 2 saturated heterocycles. The molecule has 2 aliphatic rings. The molecule has 24 heavy (non-hydrogen) atoms. The minimum absolute atomic E-state index is 0.0252. The summed E-state index contributed by atoms with van der Waals surface area (Å²) in [6.45, 7) is 7.55. The van der Waals surface area contributed by atoms with E-state index in [0.717, 1.165) is 51.9 Å². The van der Waals surface area contributed by atoms with Gasteiger partial charge in [0.1, 0.15) is 5.69 Å². The van der Waals surface area contributed by atoms with E-state index in [9.17, 15) is 9.59 Å². The molecule has 6 nitrogen and oxygen atoms in total. The second-order valence-electron chi connectivity index (χ2n) is 7.80. The summed E-state index contributed by atoms with van der Waals surface area (Å²) in [5.41, 5.74) is 0.620. The maximum absolute atomic E-state index is 12.6. The first-order chi connectivity index (χ1) is 11.5. The molecule has 2 fully saturated rings. The minimum atomic E-state index is 0.0252. The van der Waals surface area contributed by atoms with E-state index < -0.39 is 0 Å². The third-order valence-electron chi connectivity index (χ3n) is 5.40. The fraction of sp³-hybridized carbons (Fsp3) is 0.722. The number of carbonyl (C=O) groups excluding carboxylic acids is 2. The van der Waals surface area contributed by atoms with E-state index in [1.165, 1.54) is 0 Å². The smallest absolute Gasteiger partial charge is 0.271 e. The van der Waals surface area contributed by atoms with Crippen LogP contribution < -0.4 is 0 Å². The molecule has 3 heterocycles. The summed E-state index contributed by atoms with van der Waals surface area (Å²) in [6, 6.07) is 1.73. The molecule has 0 radical (unpaired) electrons. The summed E-state index contributed by atoms with van der Waals surface area (Å²) in [7, 11) is 0. The van der Waals surface area contributed by atoms with Gasteiger partial charge >= 0.3 is 0 Å². The van der Waals surface area contributed by atoms with Crippen LogP contribution in [0, 0.1) is 11.3 Å². The predicted molar refractivity (Wildman–Crippen MR) is 91.4 cm³/mol. The van der Waals surface area contributed by atoms with Crippen molar-refractivity contribution in [3.63, 3.8) is 0 Å². The van der Waals surface area contributed by atoms with E-state index in [1.807, 2.05) is 9.80 Å². The van der Waals surface area contributed by atoms with Crippen molar-refractivity contribution >= 4 is 11.8 Å². The van der Waals surface area contributed by atoms with Gasteiger partial charge in [-0.1, -0.05) is 13.8 Å². The Morgan fingerprint density at radius 3 is 2.92 bits per heavy atom. The Hall–Kier alpha value is -1.85. The lowest BCUT2D eigenvalue weighted by Gasteiger charge is -2.48. The first kappa shape index (κ1) is 17.0. The van der Waals surface area contributed by atoms with Gasteiger partial charge in [-0.3, -0.25) is 14.7 Å². The van der Waals surface area contributed by atoms with Crippen molar-refractivity contribution in [1.82, 2.24) is 20.0 Å². The fourth-order valence-corrected chi connectivity index (χ4v) is 3.98. The lowest BCUT2D eigenvalue weighted by Crippen LogP contribution is -2.55. The summed E-state index contributed by atoms with van der Waals surface area (Å²) >= 11 is 0. The quantitative estimate of drug-likeness (QED) is 0.920. The molecule has 2 amide bonds. The topological polar surface area (TPSA) is 69.3 Å². The first-order valence-corrected chi connectivity index (χ1v) is 9.05. The van der Waals surface area contributed by atoms with Crippen LogP contribution in [0.15, 0.2) is 12.3 Å². The Morgan fingerprint density at radius 2 is 2.21 bits per heavy atom. The summed E-state index contributed by atoms with van der Waals surface area (Å²) in [6.07, 6.45) is 6.27. The number of H-pyrrole nitrogens is 1. The van der Waals surface area contributed by atoms with Gasteiger partial charge in [0.05, 0.1) is 0 Å². The number of rotatable bonds is 4. The Morgan fingerprint density at radius 1 is 1.38 bits per heavy atom. The zero-order valence-corrected chi connectivity index (χ0v) is 14.8. The summed E-state index contributed by atoms with van der Waals surface area (Å²) in [4.78, 5) is 28.9. The normalized spacial score (nSPS) is 24.9. The number of likely N-dealkylation sites (tertiary alicyclic amines) is 2. The van der Waals surface area contributed by atoms with Crippen molar-refractivity contribution in [2.75, 3.05) is 26.2 Å². The van der Waals surface area contributed by atoms with Gasteiger partial charge in [-0.05, 0) is 37.7 Å². The van der Waals surface area contributed by atoms with Crippen molar-refractivity contribution in [1.29, 1.82) is 0 Å². The molecule has 1 atom stereocenters. The van der Waals surface area contributed by atoms with Crippen LogP contribution in [0.3, 0.4) is 0 Å². The van der Waals surface area contributed by atoms with Crippen LogP contribution in [0.2, 0.25) is 0 Å². The van der Waals surface area contributed by atoms with E-state index in [0.29, 0.717) is 18.0 Å². The van der Waals surface area contributed by atoms with Gasteiger partial charge in [0.15, 0.2) is 0 Å². The van der Waals surface area contributed by atoms with Gasteiger partial charge in [0, 0.05) is 44.2 Å². The van der Waals surface area contributed by atoms with E-state index >= 15 is 0 Å². The highest BCUT2D eigenvalue weighted by molar-refractivity contribution is 5.92. The largest absolute Gasteiger partial charge is 0.342 e. The zero-order chi connectivity index (χ0) is 17.2. The van der Waals surface area contributed by atoms with Crippen LogP contribution in [0.25, 0.3) is 0 Å². The first-order valence-electron chi connectivity index (χ1n) is 9.05. The Balaban J connectivity index is 1.68. The summed E-state index contributed by atoms with van der Waals surface area (Å²) in [5, 5.41) is 6.65. The third kappa shape index (κ3) is 3.62. The van der Waals surface area contributed by atoms with Crippen LogP contribution in [-0.4, -0.2) is 58.0 Å².